The molecule has 0 fully saturated rings. The Labute approximate surface area is 163 Å². The molecular weight excluding hydrogens is 342 g/mol. The van der Waals surface area contributed by atoms with Crippen molar-refractivity contribution in [1.82, 2.24) is 4.57 Å². The second-order valence-electron chi connectivity index (χ2n) is 8.36. The highest BCUT2D eigenvalue weighted by Crippen LogP contribution is 2.31. The van der Waals surface area contributed by atoms with Crippen LogP contribution in [0.1, 0.15) is 11.5 Å². The molecule has 0 aliphatic rings. The first-order chi connectivity index (χ1) is 13.0. The summed E-state index contributed by atoms with van der Waals surface area (Å²) in [6.45, 7) is 12.2. The van der Waals surface area contributed by atoms with E-state index in [9.17, 15) is 0 Å². The SMILES string of the molecule is C=C[C@H](Cn1c2ccccc2c2ccccc21)c1ccc([Si](C)(C)C)cc1. The first kappa shape index (κ1) is 17.8. The molecule has 136 valence electrons. The zero-order chi connectivity index (χ0) is 19.0. The van der Waals surface area contributed by atoms with Crippen molar-refractivity contribution in [3.05, 3.63) is 91.0 Å². The number of benzene rings is 3. The van der Waals surface area contributed by atoms with E-state index >= 15 is 0 Å². The van der Waals surface area contributed by atoms with E-state index in [1.807, 2.05) is 0 Å². The van der Waals surface area contributed by atoms with E-state index in [1.54, 1.807) is 0 Å². The van der Waals surface area contributed by atoms with Gasteiger partial charge in [0.2, 0.25) is 0 Å². The maximum atomic E-state index is 4.14. The highest BCUT2D eigenvalue weighted by molar-refractivity contribution is 6.88. The molecule has 1 atom stereocenters. The van der Waals surface area contributed by atoms with Gasteiger partial charge in [0, 0.05) is 34.3 Å². The predicted octanol–water partition coefficient (Wildman–Crippen LogP) is 6.31. The van der Waals surface area contributed by atoms with Crippen molar-refractivity contribution in [1.29, 1.82) is 0 Å². The number of fused-ring (bicyclic) bond motifs is 3. The van der Waals surface area contributed by atoms with E-state index in [1.165, 1.54) is 32.6 Å². The molecule has 0 amide bonds. The molecule has 0 N–H and O–H groups in total. The van der Waals surface area contributed by atoms with Gasteiger partial charge in [-0.05, 0) is 17.7 Å². The van der Waals surface area contributed by atoms with Crippen molar-refractivity contribution in [2.24, 2.45) is 0 Å². The fourth-order valence-electron chi connectivity index (χ4n) is 3.94. The fourth-order valence-corrected chi connectivity index (χ4v) is 5.11. The minimum Gasteiger partial charge on any atom is -0.340 e. The zero-order valence-corrected chi connectivity index (χ0v) is 17.4. The van der Waals surface area contributed by atoms with Crippen LogP contribution in [0.4, 0.5) is 0 Å². The molecule has 4 rings (SSSR count). The third-order valence-electron chi connectivity index (χ3n) is 5.55. The Balaban J connectivity index is 1.76. The Hall–Kier alpha value is -2.58. The van der Waals surface area contributed by atoms with Gasteiger partial charge in [0.05, 0.1) is 8.07 Å². The van der Waals surface area contributed by atoms with Crippen molar-refractivity contribution in [2.45, 2.75) is 32.1 Å². The van der Waals surface area contributed by atoms with Gasteiger partial charge < -0.3 is 4.57 Å². The second-order valence-corrected chi connectivity index (χ2v) is 13.4. The summed E-state index contributed by atoms with van der Waals surface area (Å²) in [7, 11) is -1.27. The number of aromatic nitrogens is 1. The third-order valence-corrected chi connectivity index (χ3v) is 7.61. The Bertz CT molecular complexity index is 1040. The van der Waals surface area contributed by atoms with Gasteiger partial charge in [-0.15, -0.1) is 6.58 Å². The van der Waals surface area contributed by atoms with E-state index in [0.717, 1.165) is 6.54 Å². The van der Waals surface area contributed by atoms with E-state index in [2.05, 4.69) is 110 Å². The van der Waals surface area contributed by atoms with Crippen molar-refractivity contribution < 1.29 is 0 Å². The Morgan fingerprint density at radius 3 is 1.81 bits per heavy atom. The average Bonchev–Trinajstić information content (AvgIpc) is 2.99. The summed E-state index contributed by atoms with van der Waals surface area (Å²) < 4.78 is 2.45. The number of hydrogen-bond acceptors (Lipinski definition) is 0. The highest BCUT2D eigenvalue weighted by atomic mass is 28.3. The topological polar surface area (TPSA) is 4.93 Å². The maximum Gasteiger partial charge on any atom is 0.0775 e. The van der Waals surface area contributed by atoms with Crippen LogP contribution in [0, 0.1) is 0 Å². The van der Waals surface area contributed by atoms with Gasteiger partial charge in [-0.3, -0.25) is 0 Å². The third kappa shape index (κ3) is 3.26. The minimum atomic E-state index is -1.27. The normalized spacial score (nSPS) is 13.1. The van der Waals surface area contributed by atoms with Crippen LogP contribution in [0.15, 0.2) is 85.5 Å². The lowest BCUT2D eigenvalue weighted by molar-refractivity contribution is 0.676. The summed E-state index contributed by atoms with van der Waals surface area (Å²) in [5, 5.41) is 4.15. The lowest BCUT2D eigenvalue weighted by atomic mass is 9.99. The Morgan fingerprint density at radius 1 is 0.815 bits per heavy atom. The van der Waals surface area contributed by atoms with Crippen LogP contribution in [0.2, 0.25) is 19.6 Å². The lowest BCUT2D eigenvalue weighted by Gasteiger charge is -2.20. The van der Waals surface area contributed by atoms with Crippen molar-refractivity contribution in [3.63, 3.8) is 0 Å². The summed E-state index contributed by atoms with van der Waals surface area (Å²) >= 11 is 0. The lowest BCUT2D eigenvalue weighted by Crippen LogP contribution is -2.37. The molecule has 0 spiro atoms. The predicted molar refractivity (Wildman–Crippen MR) is 122 cm³/mol. The largest absolute Gasteiger partial charge is 0.340 e. The molecule has 0 bridgehead atoms. The summed E-state index contributed by atoms with van der Waals surface area (Å²) in [6, 6.07) is 26.6. The van der Waals surface area contributed by atoms with Gasteiger partial charge in [0.1, 0.15) is 0 Å². The van der Waals surface area contributed by atoms with Gasteiger partial charge in [0.25, 0.3) is 0 Å². The molecule has 1 nitrogen and oxygen atoms in total. The monoisotopic (exact) mass is 369 g/mol. The van der Waals surface area contributed by atoms with Crippen LogP contribution in [0.25, 0.3) is 21.8 Å². The van der Waals surface area contributed by atoms with Gasteiger partial charge in [-0.1, -0.05) is 91.6 Å². The van der Waals surface area contributed by atoms with Crippen LogP contribution in [-0.4, -0.2) is 12.6 Å². The Kier molecular flexibility index (Phi) is 4.53. The summed E-state index contributed by atoms with van der Waals surface area (Å²) in [6.07, 6.45) is 2.09. The summed E-state index contributed by atoms with van der Waals surface area (Å²) in [5.74, 6) is 0.292. The van der Waals surface area contributed by atoms with E-state index in [4.69, 9.17) is 0 Å². The molecule has 3 aromatic carbocycles. The standard InChI is InChI=1S/C25H27NSi/c1-5-19(20-14-16-21(17-15-20)27(2,3)4)18-26-24-12-8-6-10-22(24)23-11-7-9-13-25(23)26/h5-17,19H,1,18H2,2-4H3/t19-/m1/s1. The number of hydrogen-bond donors (Lipinski definition) is 0. The first-order valence-electron chi connectivity index (χ1n) is 9.68. The molecule has 4 aromatic rings. The van der Waals surface area contributed by atoms with E-state index < -0.39 is 8.07 Å². The number of allylic oxidation sites excluding steroid dienone is 1. The van der Waals surface area contributed by atoms with Crippen LogP contribution in [0.5, 0.6) is 0 Å². The van der Waals surface area contributed by atoms with Gasteiger partial charge in [0.15, 0.2) is 0 Å². The molecular formula is C25H27NSi. The number of rotatable bonds is 5. The smallest absolute Gasteiger partial charge is 0.0775 e. The second kappa shape index (κ2) is 6.86. The van der Waals surface area contributed by atoms with Crippen molar-refractivity contribution in [2.75, 3.05) is 0 Å². The first-order valence-corrected chi connectivity index (χ1v) is 13.2. The van der Waals surface area contributed by atoms with E-state index in [-0.39, 0.29) is 0 Å². The maximum absolute atomic E-state index is 4.14. The van der Waals surface area contributed by atoms with E-state index in [0.29, 0.717) is 5.92 Å². The van der Waals surface area contributed by atoms with Crippen LogP contribution in [0.3, 0.4) is 0 Å². The van der Waals surface area contributed by atoms with Crippen LogP contribution in [-0.2, 0) is 6.54 Å². The number of nitrogens with zero attached hydrogens (tertiary/aromatic N) is 1. The molecule has 0 saturated carbocycles. The average molecular weight is 370 g/mol. The summed E-state index contributed by atoms with van der Waals surface area (Å²) in [4.78, 5) is 0. The molecule has 1 heterocycles. The van der Waals surface area contributed by atoms with Crippen molar-refractivity contribution >= 4 is 35.1 Å². The number of para-hydroxylation sites is 2. The van der Waals surface area contributed by atoms with Crippen molar-refractivity contribution in [3.8, 4) is 0 Å². The van der Waals surface area contributed by atoms with Crippen LogP contribution >= 0.6 is 0 Å². The van der Waals surface area contributed by atoms with Gasteiger partial charge in [-0.2, -0.15) is 0 Å². The summed E-state index contributed by atoms with van der Waals surface area (Å²) in [5.41, 5.74) is 3.93. The zero-order valence-electron chi connectivity index (χ0n) is 16.4. The van der Waals surface area contributed by atoms with Gasteiger partial charge in [-0.25, -0.2) is 0 Å². The Morgan fingerprint density at radius 2 is 1.33 bits per heavy atom. The minimum absolute atomic E-state index is 0.292. The van der Waals surface area contributed by atoms with Gasteiger partial charge >= 0.3 is 0 Å². The molecule has 1 aromatic heterocycles. The molecule has 0 aliphatic heterocycles. The quantitative estimate of drug-likeness (QED) is 0.287. The van der Waals surface area contributed by atoms with Crippen LogP contribution < -0.4 is 5.19 Å². The molecule has 27 heavy (non-hydrogen) atoms. The molecule has 2 heteroatoms. The molecule has 0 aliphatic carbocycles. The molecule has 0 unspecified atom stereocenters. The molecule has 0 saturated heterocycles. The molecule has 0 radical (unpaired) electrons. The highest BCUT2D eigenvalue weighted by Gasteiger charge is 2.18. The fraction of sp³-hybridized carbons (Fsp3) is 0.200.